The first-order chi connectivity index (χ1) is 21.9. The molecule has 1 aromatic carbocycles. The minimum absolute atomic E-state index is 0.00534. The molecule has 5 amide bonds. The number of aromatic nitrogens is 2. The SMILES string of the molecule is CC(C)CC(=O)N1CCNC(=O)[C@@H](C)NC(=O)[C@H]([C@@H](C)O)NC(=O)c2coc(n2)[C@@H](Cc2ccccc2)NC(=O)c2cc(on2)C1. The van der Waals surface area contributed by atoms with Crippen LogP contribution in [0.5, 0.6) is 0 Å². The number of oxazole rings is 1. The molecule has 3 heterocycles. The Morgan fingerprint density at radius 2 is 1.74 bits per heavy atom. The maximum atomic E-state index is 13.3. The smallest absolute Gasteiger partial charge is 0.274 e. The average Bonchev–Trinajstić information content (AvgIpc) is 3.69. The van der Waals surface area contributed by atoms with Crippen LogP contribution in [0.25, 0.3) is 0 Å². The summed E-state index contributed by atoms with van der Waals surface area (Å²) in [6.07, 6.45) is 0.233. The van der Waals surface area contributed by atoms with E-state index in [2.05, 4.69) is 31.4 Å². The summed E-state index contributed by atoms with van der Waals surface area (Å²) in [5.74, 6) is -2.65. The molecule has 3 aromatic rings. The van der Waals surface area contributed by atoms with Crippen molar-refractivity contribution in [3.05, 3.63) is 71.3 Å². The number of hydrogen-bond donors (Lipinski definition) is 5. The number of carbonyl (C=O) groups excluding carboxylic acids is 5. The molecule has 4 rings (SSSR count). The van der Waals surface area contributed by atoms with Crippen molar-refractivity contribution in [2.24, 2.45) is 5.92 Å². The molecule has 246 valence electrons. The Bertz CT molecular complexity index is 1530. The fourth-order valence-electron chi connectivity index (χ4n) is 4.74. The first kappa shape index (κ1) is 33.8. The molecule has 4 atom stereocenters. The van der Waals surface area contributed by atoms with Gasteiger partial charge in [0.25, 0.3) is 11.8 Å². The van der Waals surface area contributed by atoms with Crippen LogP contribution in [-0.2, 0) is 27.3 Å². The number of amides is 5. The van der Waals surface area contributed by atoms with Gasteiger partial charge in [0.1, 0.15) is 24.4 Å². The standard InChI is InChI=1S/C31H39N7O8/c1-17(2)12-25(40)38-11-10-32-27(41)18(3)33-30(44)26(19(4)39)36-29(43)24-16-45-31(35-24)23(13-20-8-6-5-7-9-20)34-28(42)22-14-21(15-38)46-37-22/h5-9,14,16-19,23,26,39H,10-13,15H2,1-4H3,(H,32,41)(H,33,44)(H,34,42)(H,36,43)/t18-,19-,23-,26+/m1/s1. The lowest BCUT2D eigenvalue weighted by Gasteiger charge is -2.24. The third kappa shape index (κ3) is 9.00. The second-order valence-corrected chi connectivity index (χ2v) is 11.6. The molecule has 1 aliphatic rings. The Morgan fingerprint density at radius 3 is 2.43 bits per heavy atom. The van der Waals surface area contributed by atoms with Crippen molar-refractivity contribution in [3.8, 4) is 0 Å². The van der Waals surface area contributed by atoms with Crippen LogP contribution in [0.15, 0.2) is 51.6 Å². The normalized spacial score (nSPS) is 21.0. The summed E-state index contributed by atoms with van der Waals surface area (Å²) in [7, 11) is 0. The number of rotatable bonds is 5. The third-order valence-corrected chi connectivity index (χ3v) is 7.20. The maximum absolute atomic E-state index is 13.3. The summed E-state index contributed by atoms with van der Waals surface area (Å²) in [5, 5.41) is 24.6. The summed E-state index contributed by atoms with van der Waals surface area (Å²) in [5.41, 5.74) is 0.587. The van der Waals surface area contributed by atoms with E-state index in [-0.39, 0.29) is 67.3 Å². The molecule has 0 fully saturated rings. The summed E-state index contributed by atoms with van der Waals surface area (Å²) >= 11 is 0. The quantitative estimate of drug-likeness (QED) is 0.267. The lowest BCUT2D eigenvalue weighted by Crippen LogP contribution is -2.56. The van der Waals surface area contributed by atoms with Gasteiger partial charge >= 0.3 is 0 Å². The number of hydrogen-bond acceptors (Lipinski definition) is 10. The monoisotopic (exact) mass is 637 g/mol. The van der Waals surface area contributed by atoms with Crippen molar-refractivity contribution in [1.29, 1.82) is 0 Å². The zero-order valence-electron chi connectivity index (χ0n) is 26.1. The van der Waals surface area contributed by atoms with E-state index in [4.69, 9.17) is 8.94 Å². The molecule has 0 radical (unpaired) electrons. The molecule has 0 saturated carbocycles. The topological polar surface area (TPSA) is 209 Å². The van der Waals surface area contributed by atoms with Gasteiger partial charge in [-0.15, -0.1) is 0 Å². The zero-order valence-corrected chi connectivity index (χ0v) is 26.1. The van der Waals surface area contributed by atoms with Crippen LogP contribution in [0.4, 0.5) is 0 Å². The van der Waals surface area contributed by atoms with E-state index < -0.39 is 47.9 Å². The molecular formula is C31H39N7O8. The molecule has 0 saturated heterocycles. The molecule has 15 nitrogen and oxygen atoms in total. The van der Waals surface area contributed by atoms with Crippen LogP contribution < -0.4 is 21.3 Å². The first-order valence-electron chi connectivity index (χ1n) is 15.0. The number of nitrogens with zero attached hydrogens (tertiary/aromatic N) is 3. The van der Waals surface area contributed by atoms with Gasteiger partial charge in [-0.05, 0) is 25.3 Å². The van der Waals surface area contributed by atoms with Crippen LogP contribution in [0.1, 0.15) is 78.3 Å². The van der Waals surface area contributed by atoms with Crippen molar-refractivity contribution < 1.29 is 38.0 Å². The second-order valence-electron chi connectivity index (χ2n) is 11.6. The Balaban J connectivity index is 1.67. The molecule has 0 aliphatic carbocycles. The van der Waals surface area contributed by atoms with E-state index in [9.17, 15) is 29.1 Å². The van der Waals surface area contributed by atoms with Gasteiger partial charge in [-0.1, -0.05) is 49.3 Å². The maximum Gasteiger partial charge on any atom is 0.274 e. The molecule has 0 unspecified atom stereocenters. The molecule has 4 bridgehead atoms. The first-order valence-corrected chi connectivity index (χ1v) is 15.0. The molecule has 0 spiro atoms. The second kappa shape index (κ2) is 15.3. The summed E-state index contributed by atoms with van der Waals surface area (Å²) in [6.45, 7) is 6.73. The molecule has 46 heavy (non-hydrogen) atoms. The molecule has 15 heteroatoms. The van der Waals surface area contributed by atoms with Crippen molar-refractivity contribution in [3.63, 3.8) is 0 Å². The van der Waals surface area contributed by atoms with Gasteiger partial charge in [-0.3, -0.25) is 24.0 Å². The van der Waals surface area contributed by atoms with E-state index in [1.54, 1.807) is 0 Å². The largest absolute Gasteiger partial charge is 0.446 e. The number of benzene rings is 1. The molecular weight excluding hydrogens is 598 g/mol. The Labute approximate surface area is 265 Å². The highest BCUT2D eigenvalue weighted by atomic mass is 16.5. The lowest BCUT2D eigenvalue weighted by molar-refractivity contribution is -0.133. The van der Waals surface area contributed by atoms with Gasteiger partial charge in [0.2, 0.25) is 23.6 Å². The summed E-state index contributed by atoms with van der Waals surface area (Å²) in [6, 6.07) is 7.34. The fourth-order valence-corrected chi connectivity index (χ4v) is 4.74. The van der Waals surface area contributed by atoms with E-state index in [1.807, 2.05) is 44.2 Å². The minimum Gasteiger partial charge on any atom is -0.446 e. The van der Waals surface area contributed by atoms with Gasteiger partial charge in [0, 0.05) is 32.0 Å². The number of fused-ring (bicyclic) bond motifs is 4. The van der Waals surface area contributed by atoms with Crippen molar-refractivity contribution in [1.82, 2.24) is 36.3 Å². The summed E-state index contributed by atoms with van der Waals surface area (Å²) < 4.78 is 11.0. The number of aliphatic hydroxyl groups excluding tert-OH is 1. The van der Waals surface area contributed by atoms with Gasteiger partial charge in [0.15, 0.2) is 17.1 Å². The van der Waals surface area contributed by atoms with E-state index in [0.717, 1.165) is 11.8 Å². The lowest BCUT2D eigenvalue weighted by atomic mass is 10.1. The Hall–Kier alpha value is -5.05. The van der Waals surface area contributed by atoms with E-state index in [0.29, 0.717) is 0 Å². The highest BCUT2D eigenvalue weighted by molar-refractivity contribution is 5.97. The third-order valence-electron chi connectivity index (χ3n) is 7.20. The number of aliphatic hydroxyl groups is 1. The Morgan fingerprint density at radius 1 is 1.02 bits per heavy atom. The van der Waals surface area contributed by atoms with Gasteiger partial charge in [-0.2, -0.15) is 0 Å². The number of carbonyl (C=O) groups is 5. The summed E-state index contributed by atoms with van der Waals surface area (Å²) in [4.78, 5) is 71.0. The predicted molar refractivity (Wildman–Crippen MR) is 162 cm³/mol. The van der Waals surface area contributed by atoms with E-state index >= 15 is 0 Å². The van der Waals surface area contributed by atoms with Crippen molar-refractivity contribution in [2.75, 3.05) is 13.1 Å². The van der Waals surface area contributed by atoms with Crippen LogP contribution >= 0.6 is 0 Å². The van der Waals surface area contributed by atoms with Gasteiger partial charge in [-0.25, -0.2) is 4.98 Å². The highest BCUT2D eigenvalue weighted by Gasteiger charge is 2.31. The van der Waals surface area contributed by atoms with Gasteiger partial charge < -0.3 is 40.2 Å². The van der Waals surface area contributed by atoms with Crippen LogP contribution in [0.3, 0.4) is 0 Å². The van der Waals surface area contributed by atoms with Crippen LogP contribution in [0, 0.1) is 5.92 Å². The zero-order chi connectivity index (χ0) is 33.4. The van der Waals surface area contributed by atoms with Crippen LogP contribution in [-0.4, -0.2) is 81.0 Å². The predicted octanol–water partition coefficient (Wildman–Crippen LogP) is 0.865. The fraction of sp³-hybridized carbons (Fsp3) is 0.452. The minimum atomic E-state index is -1.43. The average molecular weight is 638 g/mol. The molecule has 1 aliphatic heterocycles. The molecule has 5 N–H and O–H groups in total. The Kier molecular flexibility index (Phi) is 11.2. The van der Waals surface area contributed by atoms with Crippen molar-refractivity contribution in [2.45, 2.75) is 71.3 Å². The van der Waals surface area contributed by atoms with Crippen LogP contribution in [0.2, 0.25) is 0 Å². The molecule has 2 aromatic heterocycles. The highest BCUT2D eigenvalue weighted by Crippen LogP contribution is 2.20. The number of nitrogens with one attached hydrogen (secondary N) is 4. The van der Waals surface area contributed by atoms with E-state index in [1.165, 1.54) is 24.8 Å². The van der Waals surface area contributed by atoms with Crippen molar-refractivity contribution >= 4 is 29.5 Å². The van der Waals surface area contributed by atoms with Gasteiger partial charge in [0.05, 0.1) is 12.6 Å².